The minimum Gasteiger partial charge on any atom is -0.393 e. The van der Waals surface area contributed by atoms with Crippen LogP contribution in [0.1, 0.15) is 31.2 Å². The molecule has 1 saturated carbocycles. The molecule has 1 aliphatic rings. The average Bonchev–Trinajstić information content (AvgIpc) is 2.38. The lowest BCUT2D eigenvalue weighted by Gasteiger charge is -2.26. The number of rotatable bonds is 5. The van der Waals surface area contributed by atoms with Gasteiger partial charge in [-0.15, -0.1) is 0 Å². The molecule has 0 aliphatic heterocycles. The Hall–Kier alpha value is -1.17. The molecule has 2 atom stereocenters. The molecule has 0 aromatic heterocycles. The van der Waals surface area contributed by atoms with E-state index in [4.69, 9.17) is 11.6 Å². The standard InChI is InChI=1S/C14H19ClN2O3/c15-12-4-5-14(17(19)20)11(7-12)9-16-8-10-2-1-3-13(18)6-10/h4-5,7,10,13,16,18H,1-3,6,8-9H2. The Morgan fingerprint density at radius 1 is 1.45 bits per heavy atom. The number of benzene rings is 1. The second kappa shape index (κ2) is 7.02. The maximum absolute atomic E-state index is 10.9. The Bertz CT molecular complexity index is 481. The third-order valence-electron chi connectivity index (χ3n) is 3.74. The maximum Gasteiger partial charge on any atom is 0.273 e. The minimum absolute atomic E-state index is 0.0885. The van der Waals surface area contributed by atoms with Gasteiger partial charge in [-0.05, 0) is 43.9 Å². The van der Waals surface area contributed by atoms with E-state index in [1.165, 1.54) is 12.1 Å². The van der Waals surface area contributed by atoms with E-state index in [0.29, 0.717) is 23.0 Å². The highest BCUT2D eigenvalue weighted by Crippen LogP contribution is 2.25. The van der Waals surface area contributed by atoms with E-state index in [1.807, 2.05) is 0 Å². The van der Waals surface area contributed by atoms with Crippen molar-refractivity contribution in [2.75, 3.05) is 6.54 Å². The topological polar surface area (TPSA) is 75.4 Å². The van der Waals surface area contributed by atoms with Crippen molar-refractivity contribution in [1.82, 2.24) is 5.32 Å². The van der Waals surface area contributed by atoms with E-state index in [2.05, 4.69) is 5.32 Å². The first kappa shape index (κ1) is 15.2. The normalized spacial score (nSPS) is 22.7. The quantitative estimate of drug-likeness (QED) is 0.647. The summed E-state index contributed by atoms with van der Waals surface area (Å²) in [4.78, 5) is 10.6. The zero-order valence-electron chi connectivity index (χ0n) is 11.2. The predicted molar refractivity (Wildman–Crippen MR) is 77.8 cm³/mol. The summed E-state index contributed by atoms with van der Waals surface area (Å²) < 4.78 is 0. The lowest BCUT2D eigenvalue weighted by molar-refractivity contribution is -0.385. The smallest absolute Gasteiger partial charge is 0.273 e. The van der Waals surface area contributed by atoms with Crippen LogP contribution in [0.2, 0.25) is 5.02 Å². The van der Waals surface area contributed by atoms with Gasteiger partial charge in [0.25, 0.3) is 5.69 Å². The van der Waals surface area contributed by atoms with Gasteiger partial charge in [-0.1, -0.05) is 18.0 Å². The van der Waals surface area contributed by atoms with E-state index in [0.717, 1.165) is 32.2 Å². The molecule has 0 saturated heterocycles. The van der Waals surface area contributed by atoms with E-state index in [1.54, 1.807) is 6.07 Å². The summed E-state index contributed by atoms with van der Waals surface area (Å²) in [6.45, 7) is 1.18. The molecule has 1 aliphatic carbocycles. The summed E-state index contributed by atoms with van der Waals surface area (Å²) >= 11 is 5.88. The van der Waals surface area contributed by atoms with Crippen molar-refractivity contribution in [3.8, 4) is 0 Å². The first-order valence-electron chi connectivity index (χ1n) is 6.88. The van der Waals surface area contributed by atoms with Gasteiger partial charge >= 0.3 is 0 Å². The molecule has 6 heteroatoms. The summed E-state index contributed by atoms with van der Waals surface area (Å²) in [5.74, 6) is 0.442. The van der Waals surface area contributed by atoms with Gasteiger partial charge in [0.2, 0.25) is 0 Å². The van der Waals surface area contributed by atoms with Crippen molar-refractivity contribution < 1.29 is 10.0 Å². The minimum atomic E-state index is -0.391. The van der Waals surface area contributed by atoms with Gasteiger partial charge in [0, 0.05) is 23.2 Å². The Kier molecular flexibility index (Phi) is 5.34. The fourth-order valence-electron chi connectivity index (χ4n) is 2.73. The molecule has 110 valence electrons. The number of hydrogen-bond acceptors (Lipinski definition) is 4. The molecule has 2 N–H and O–H groups in total. The van der Waals surface area contributed by atoms with Crippen LogP contribution in [-0.4, -0.2) is 22.7 Å². The van der Waals surface area contributed by atoms with Crippen molar-refractivity contribution in [3.05, 3.63) is 38.9 Å². The lowest BCUT2D eigenvalue weighted by Crippen LogP contribution is -2.29. The highest BCUT2D eigenvalue weighted by Gasteiger charge is 2.20. The van der Waals surface area contributed by atoms with E-state index in [9.17, 15) is 15.2 Å². The van der Waals surface area contributed by atoms with Gasteiger partial charge in [0.05, 0.1) is 11.0 Å². The van der Waals surface area contributed by atoms with Crippen molar-refractivity contribution in [2.45, 2.75) is 38.3 Å². The molecule has 0 spiro atoms. The summed E-state index contributed by atoms with van der Waals surface area (Å²) in [6, 6.07) is 4.59. The molecular formula is C14H19ClN2O3. The number of nitrogens with zero attached hydrogens (tertiary/aromatic N) is 1. The largest absolute Gasteiger partial charge is 0.393 e. The fraction of sp³-hybridized carbons (Fsp3) is 0.571. The highest BCUT2D eigenvalue weighted by molar-refractivity contribution is 6.30. The molecule has 20 heavy (non-hydrogen) atoms. The van der Waals surface area contributed by atoms with E-state index >= 15 is 0 Å². The van der Waals surface area contributed by atoms with Crippen molar-refractivity contribution >= 4 is 17.3 Å². The second-order valence-electron chi connectivity index (χ2n) is 5.35. The number of hydrogen-bond donors (Lipinski definition) is 2. The molecule has 5 nitrogen and oxygen atoms in total. The number of nitrogens with one attached hydrogen (secondary N) is 1. The van der Waals surface area contributed by atoms with Crippen LogP contribution in [0.5, 0.6) is 0 Å². The predicted octanol–water partition coefficient (Wildman–Crippen LogP) is 2.89. The van der Waals surface area contributed by atoms with Crippen LogP contribution in [0.25, 0.3) is 0 Å². The van der Waals surface area contributed by atoms with Crippen LogP contribution in [0.3, 0.4) is 0 Å². The van der Waals surface area contributed by atoms with Gasteiger partial charge in [-0.2, -0.15) is 0 Å². The van der Waals surface area contributed by atoms with Crippen molar-refractivity contribution in [1.29, 1.82) is 0 Å². The third kappa shape index (κ3) is 4.16. The number of nitro benzene ring substituents is 1. The Balaban J connectivity index is 1.90. The molecule has 1 aromatic rings. The first-order valence-corrected chi connectivity index (χ1v) is 7.25. The van der Waals surface area contributed by atoms with Gasteiger partial charge in [0.15, 0.2) is 0 Å². The van der Waals surface area contributed by atoms with Crippen LogP contribution in [0.4, 0.5) is 5.69 Å². The van der Waals surface area contributed by atoms with Gasteiger partial charge in [-0.3, -0.25) is 10.1 Å². The molecular weight excluding hydrogens is 280 g/mol. The monoisotopic (exact) mass is 298 g/mol. The lowest BCUT2D eigenvalue weighted by atomic mass is 9.87. The molecule has 1 fully saturated rings. The zero-order chi connectivity index (χ0) is 14.5. The van der Waals surface area contributed by atoms with Crippen molar-refractivity contribution in [2.24, 2.45) is 5.92 Å². The molecule has 0 bridgehead atoms. The summed E-state index contributed by atoms with van der Waals surface area (Å²) in [5.41, 5.74) is 0.685. The second-order valence-corrected chi connectivity index (χ2v) is 5.78. The van der Waals surface area contributed by atoms with E-state index in [-0.39, 0.29) is 11.8 Å². The first-order chi connectivity index (χ1) is 9.56. The van der Waals surface area contributed by atoms with Crippen molar-refractivity contribution in [3.63, 3.8) is 0 Å². The SMILES string of the molecule is O=[N+]([O-])c1ccc(Cl)cc1CNCC1CCCC(O)C1. The van der Waals surface area contributed by atoms with Crippen LogP contribution in [0.15, 0.2) is 18.2 Å². The number of aliphatic hydroxyl groups excluding tert-OH is 1. The Morgan fingerprint density at radius 3 is 2.95 bits per heavy atom. The third-order valence-corrected chi connectivity index (χ3v) is 3.98. The number of nitro groups is 1. The molecule has 0 radical (unpaired) electrons. The number of halogens is 1. The summed E-state index contributed by atoms with van der Waals surface area (Å²) in [6.07, 6.45) is 3.64. The van der Waals surface area contributed by atoms with Crippen LogP contribution in [0, 0.1) is 16.0 Å². The van der Waals surface area contributed by atoms with E-state index < -0.39 is 4.92 Å². The molecule has 0 heterocycles. The van der Waals surface area contributed by atoms with Crippen LogP contribution < -0.4 is 5.32 Å². The fourth-order valence-corrected chi connectivity index (χ4v) is 2.93. The van der Waals surface area contributed by atoms with Gasteiger partial charge in [0.1, 0.15) is 0 Å². The molecule has 2 rings (SSSR count). The zero-order valence-corrected chi connectivity index (χ0v) is 12.0. The molecule has 2 unspecified atom stereocenters. The maximum atomic E-state index is 10.9. The van der Waals surface area contributed by atoms with Crippen LogP contribution >= 0.6 is 11.6 Å². The average molecular weight is 299 g/mol. The Morgan fingerprint density at radius 2 is 2.25 bits per heavy atom. The molecule has 1 aromatic carbocycles. The Labute approximate surface area is 123 Å². The highest BCUT2D eigenvalue weighted by atomic mass is 35.5. The summed E-state index contributed by atoms with van der Waals surface area (Å²) in [7, 11) is 0. The van der Waals surface area contributed by atoms with Gasteiger partial charge in [-0.25, -0.2) is 0 Å². The van der Waals surface area contributed by atoms with Gasteiger partial charge < -0.3 is 10.4 Å². The molecule has 0 amide bonds. The summed E-state index contributed by atoms with van der Waals surface area (Å²) in [5, 5.41) is 24.3. The number of aliphatic hydroxyl groups is 1. The van der Waals surface area contributed by atoms with Crippen LogP contribution in [-0.2, 0) is 6.54 Å².